The van der Waals surface area contributed by atoms with E-state index in [2.05, 4.69) is 0 Å². The predicted molar refractivity (Wildman–Crippen MR) is 54.2 cm³/mol. The van der Waals surface area contributed by atoms with E-state index in [4.69, 9.17) is 9.84 Å². The van der Waals surface area contributed by atoms with Crippen LogP contribution in [0.5, 0.6) is 0 Å². The summed E-state index contributed by atoms with van der Waals surface area (Å²) in [6.07, 6.45) is 5.30. The highest BCUT2D eigenvalue weighted by Crippen LogP contribution is 2.26. The first-order chi connectivity index (χ1) is 7.16. The third kappa shape index (κ3) is 3.08. The van der Waals surface area contributed by atoms with Gasteiger partial charge in [0.05, 0.1) is 18.4 Å². The minimum absolute atomic E-state index is 0.366. The summed E-state index contributed by atoms with van der Waals surface area (Å²) >= 11 is 0. The number of aliphatic carboxylic acids is 1. The molecule has 1 N–H and O–H groups in total. The summed E-state index contributed by atoms with van der Waals surface area (Å²) in [5.41, 5.74) is 0. The quantitative estimate of drug-likeness (QED) is 0.568. The van der Waals surface area contributed by atoms with E-state index in [-0.39, 0.29) is 5.97 Å². The molecule has 0 bridgehead atoms. The summed E-state index contributed by atoms with van der Waals surface area (Å²) in [6, 6.07) is 0. The number of carboxylic acids is 1. The molecule has 4 heteroatoms. The molecule has 0 unspecified atom stereocenters. The molecule has 1 aliphatic rings. The van der Waals surface area contributed by atoms with Gasteiger partial charge in [0, 0.05) is 0 Å². The Labute approximate surface area is 88.9 Å². The molecule has 0 fully saturated rings. The second kappa shape index (κ2) is 5.53. The van der Waals surface area contributed by atoms with E-state index in [1.54, 1.807) is 0 Å². The van der Waals surface area contributed by atoms with Gasteiger partial charge in [-0.2, -0.15) is 0 Å². The Morgan fingerprint density at radius 3 is 2.47 bits per heavy atom. The number of allylic oxidation sites excluding steroid dienone is 2. The summed E-state index contributed by atoms with van der Waals surface area (Å²) in [6.45, 7) is 2.27. The van der Waals surface area contributed by atoms with Gasteiger partial charge in [0.1, 0.15) is 0 Å². The van der Waals surface area contributed by atoms with Gasteiger partial charge < -0.3 is 9.84 Å². The monoisotopic (exact) mass is 212 g/mol. The maximum atomic E-state index is 11.6. The minimum atomic E-state index is -0.919. The number of hydrogen-bond acceptors (Lipinski definition) is 3. The molecule has 0 aromatic heterocycles. The van der Waals surface area contributed by atoms with Crippen molar-refractivity contribution in [3.05, 3.63) is 12.2 Å². The Morgan fingerprint density at radius 2 is 1.93 bits per heavy atom. The van der Waals surface area contributed by atoms with Crippen molar-refractivity contribution < 1.29 is 19.4 Å². The lowest BCUT2D eigenvalue weighted by Gasteiger charge is -2.23. The van der Waals surface area contributed by atoms with Gasteiger partial charge in [0.2, 0.25) is 0 Å². The van der Waals surface area contributed by atoms with Crippen LogP contribution in [0.2, 0.25) is 0 Å². The molecule has 0 spiro atoms. The first-order valence-electron chi connectivity index (χ1n) is 5.21. The van der Waals surface area contributed by atoms with Crippen LogP contribution in [0, 0.1) is 11.8 Å². The Kier molecular flexibility index (Phi) is 4.34. The van der Waals surface area contributed by atoms with E-state index in [1.807, 2.05) is 19.1 Å². The van der Waals surface area contributed by atoms with Crippen LogP contribution < -0.4 is 0 Å². The number of rotatable bonds is 4. The number of carbonyl (C=O) groups excluding carboxylic acids is 1. The first-order valence-corrected chi connectivity index (χ1v) is 5.21. The number of hydrogen-bond donors (Lipinski definition) is 1. The fourth-order valence-corrected chi connectivity index (χ4v) is 1.66. The number of carboxylic acid groups (broad SMARTS) is 1. The molecule has 0 amide bonds. The SMILES string of the molecule is CCCOC(=O)[C@H]1CC=CC[C@@H]1C(=O)O. The fraction of sp³-hybridized carbons (Fsp3) is 0.636. The van der Waals surface area contributed by atoms with Crippen LogP contribution >= 0.6 is 0 Å². The molecule has 2 atom stereocenters. The molecule has 0 aromatic carbocycles. The topological polar surface area (TPSA) is 63.6 Å². The number of ether oxygens (including phenoxy) is 1. The van der Waals surface area contributed by atoms with E-state index in [9.17, 15) is 9.59 Å². The van der Waals surface area contributed by atoms with Crippen LogP contribution in [0.1, 0.15) is 26.2 Å². The highest BCUT2D eigenvalue weighted by molar-refractivity contribution is 5.81. The minimum Gasteiger partial charge on any atom is -0.481 e. The zero-order chi connectivity index (χ0) is 11.3. The molecule has 15 heavy (non-hydrogen) atoms. The fourth-order valence-electron chi connectivity index (χ4n) is 1.66. The Balaban J connectivity index is 2.60. The lowest BCUT2D eigenvalue weighted by Crippen LogP contribution is -2.32. The zero-order valence-corrected chi connectivity index (χ0v) is 8.81. The molecule has 0 saturated heterocycles. The third-order valence-corrected chi connectivity index (χ3v) is 2.50. The molecule has 0 aliphatic heterocycles. The van der Waals surface area contributed by atoms with E-state index in [1.165, 1.54) is 0 Å². The van der Waals surface area contributed by atoms with Crippen molar-refractivity contribution in [3.8, 4) is 0 Å². The van der Waals surface area contributed by atoms with Crippen LogP contribution in [0.15, 0.2) is 12.2 Å². The van der Waals surface area contributed by atoms with Gasteiger partial charge >= 0.3 is 11.9 Å². The molecule has 0 saturated carbocycles. The van der Waals surface area contributed by atoms with E-state index < -0.39 is 17.8 Å². The van der Waals surface area contributed by atoms with Crippen molar-refractivity contribution in [3.63, 3.8) is 0 Å². The second-order valence-corrected chi connectivity index (χ2v) is 3.66. The summed E-state index contributed by atoms with van der Waals surface area (Å²) in [5.74, 6) is -2.44. The molecule has 4 nitrogen and oxygen atoms in total. The Morgan fingerprint density at radius 1 is 1.33 bits per heavy atom. The molecule has 0 heterocycles. The van der Waals surface area contributed by atoms with Crippen LogP contribution in [0.25, 0.3) is 0 Å². The Hall–Kier alpha value is -1.32. The van der Waals surface area contributed by atoms with Gasteiger partial charge in [0.15, 0.2) is 0 Å². The van der Waals surface area contributed by atoms with Gasteiger partial charge in [-0.15, -0.1) is 0 Å². The van der Waals surface area contributed by atoms with Crippen LogP contribution in [-0.2, 0) is 14.3 Å². The van der Waals surface area contributed by atoms with Crippen molar-refractivity contribution >= 4 is 11.9 Å². The Bertz CT molecular complexity index is 270. The summed E-state index contributed by atoms with van der Waals surface area (Å²) in [5, 5.41) is 8.94. The van der Waals surface area contributed by atoms with Crippen molar-refractivity contribution in [2.24, 2.45) is 11.8 Å². The number of carbonyl (C=O) groups is 2. The van der Waals surface area contributed by atoms with E-state index >= 15 is 0 Å². The van der Waals surface area contributed by atoms with Crippen LogP contribution in [0.4, 0.5) is 0 Å². The lowest BCUT2D eigenvalue weighted by molar-refractivity contribution is -0.157. The van der Waals surface area contributed by atoms with Crippen LogP contribution in [0.3, 0.4) is 0 Å². The average Bonchev–Trinajstić information content (AvgIpc) is 2.25. The number of esters is 1. The van der Waals surface area contributed by atoms with Crippen molar-refractivity contribution in [2.45, 2.75) is 26.2 Å². The zero-order valence-electron chi connectivity index (χ0n) is 8.81. The maximum Gasteiger partial charge on any atom is 0.310 e. The molecule has 84 valence electrons. The van der Waals surface area contributed by atoms with Gasteiger partial charge in [-0.05, 0) is 19.3 Å². The second-order valence-electron chi connectivity index (χ2n) is 3.66. The van der Waals surface area contributed by atoms with Crippen molar-refractivity contribution in [2.75, 3.05) is 6.61 Å². The molecule has 1 aliphatic carbocycles. The average molecular weight is 212 g/mol. The molecule has 0 aromatic rings. The van der Waals surface area contributed by atoms with Crippen LogP contribution in [-0.4, -0.2) is 23.7 Å². The molecular weight excluding hydrogens is 196 g/mol. The standard InChI is InChI=1S/C11H16O4/c1-2-7-15-11(14)9-6-4-3-5-8(9)10(12)13/h3-4,8-9H,2,5-7H2,1H3,(H,12,13)/t8-,9-/m0/s1. The highest BCUT2D eigenvalue weighted by Gasteiger charge is 2.34. The van der Waals surface area contributed by atoms with Gasteiger partial charge in [-0.25, -0.2) is 0 Å². The van der Waals surface area contributed by atoms with Crippen molar-refractivity contribution in [1.82, 2.24) is 0 Å². The normalized spacial score (nSPS) is 24.9. The third-order valence-electron chi connectivity index (χ3n) is 2.50. The smallest absolute Gasteiger partial charge is 0.310 e. The van der Waals surface area contributed by atoms with E-state index in [0.29, 0.717) is 19.4 Å². The molecule has 0 radical (unpaired) electrons. The summed E-state index contributed by atoms with van der Waals surface area (Å²) in [7, 11) is 0. The highest BCUT2D eigenvalue weighted by atomic mass is 16.5. The predicted octanol–water partition coefficient (Wildman–Crippen LogP) is 1.61. The van der Waals surface area contributed by atoms with E-state index in [0.717, 1.165) is 6.42 Å². The largest absolute Gasteiger partial charge is 0.481 e. The summed E-state index contributed by atoms with van der Waals surface area (Å²) < 4.78 is 4.97. The maximum absolute atomic E-state index is 11.6. The lowest BCUT2D eigenvalue weighted by atomic mass is 9.83. The molecular formula is C11H16O4. The van der Waals surface area contributed by atoms with Crippen molar-refractivity contribution in [1.29, 1.82) is 0 Å². The van der Waals surface area contributed by atoms with Gasteiger partial charge in [0.25, 0.3) is 0 Å². The summed E-state index contributed by atoms with van der Waals surface area (Å²) in [4.78, 5) is 22.5. The molecule has 1 rings (SSSR count). The first kappa shape index (κ1) is 11.8. The van der Waals surface area contributed by atoms with Gasteiger partial charge in [-0.3, -0.25) is 9.59 Å². The van der Waals surface area contributed by atoms with Gasteiger partial charge in [-0.1, -0.05) is 19.1 Å².